The Morgan fingerprint density at radius 3 is 2.29 bits per heavy atom. The van der Waals surface area contributed by atoms with Crippen molar-refractivity contribution in [3.05, 3.63) is 35.4 Å². The Labute approximate surface area is 101 Å². The molecule has 2 rings (SSSR count). The van der Waals surface area contributed by atoms with Crippen LogP contribution >= 0.6 is 0 Å². The Balaban J connectivity index is 1.99. The minimum Gasteiger partial charge on any atom is -0.346 e. The van der Waals surface area contributed by atoms with Crippen LogP contribution in [0.4, 0.5) is 0 Å². The van der Waals surface area contributed by atoms with Crippen LogP contribution in [0.1, 0.15) is 41.6 Å². The number of aryl methyl sites for hydroxylation is 1. The molecular weight excluding hydrogens is 214 g/mol. The molecule has 0 radical (unpaired) electrons. The van der Waals surface area contributed by atoms with E-state index in [0.717, 1.165) is 31.2 Å². The minimum absolute atomic E-state index is 0.192. The number of Topliss-reactive ketones (excluding diaryl/α,β-unsaturated/α-hetero) is 1. The molecule has 1 saturated carbocycles. The van der Waals surface area contributed by atoms with Gasteiger partial charge in [0.1, 0.15) is 0 Å². The number of carbonyl (C=O) groups is 2. The van der Waals surface area contributed by atoms with E-state index >= 15 is 0 Å². The molecular formula is C14H17NO2. The van der Waals surface area contributed by atoms with Gasteiger partial charge in [0, 0.05) is 11.6 Å². The van der Waals surface area contributed by atoms with Crippen molar-refractivity contribution in [1.29, 1.82) is 0 Å². The number of rotatable bonds is 3. The summed E-state index contributed by atoms with van der Waals surface area (Å²) in [6, 6.07) is 7.28. The Kier molecular flexibility index (Phi) is 3.57. The van der Waals surface area contributed by atoms with Crippen LogP contribution in [0.5, 0.6) is 0 Å². The monoisotopic (exact) mass is 231 g/mol. The molecule has 1 aromatic carbocycles. The molecule has 90 valence electrons. The van der Waals surface area contributed by atoms with Crippen LogP contribution in [0, 0.1) is 6.92 Å². The van der Waals surface area contributed by atoms with Gasteiger partial charge in [-0.3, -0.25) is 9.59 Å². The smallest absolute Gasteiger partial charge is 0.292 e. The number of amides is 1. The lowest BCUT2D eigenvalue weighted by atomic mass is 10.1. The first kappa shape index (κ1) is 11.8. The summed E-state index contributed by atoms with van der Waals surface area (Å²) in [6.45, 7) is 1.95. The summed E-state index contributed by atoms with van der Waals surface area (Å²) < 4.78 is 0. The maximum atomic E-state index is 11.8. The van der Waals surface area contributed by atoms with E-state index in [-0.39, 0.29) is 6.04 Å². The van der Waals surface area contributed by atoms with Gasteiger partial charge in [-0.15, -0.1) is 0 Å². The van der Waals surface area contributed by atoms with Crippen molar-refractivity contribution in [3.8, 4) is 0 Å². The molecule has 3 nitrogen and oxygen atoms in total. The molecule has 0 aliphatic heterocycles. The van der Waals surface area contributed by atoms with Gasteiger partial charge in [0.2, 0.25) is 5.78 Å². The maximum Gasteiger partial charge on any atom is 0.292 e. The maximum absolute atomic E-state index is 11.8. The molecule has 0 spiro atoms. The van der Waals surface area contributed by atoms with E-state index in [0.29, 0.717) is 5.56 Å². The van der Waals surface area contributed by atoms with Crippen LogP contribution in [0.3, 0.4) is 0 Å². The molecule has 0 atom stereocenters. The minimum atomic E-state index is -0.472. The first-order valence-electron chi connectivity index (χ1n) is 6.08. The van der Waals surface area contributed by atoms with Crippen LogP contribution in [0.15, 0.2) is 24.3 Å². The predicted octanol–water partition coefficient (Wildman–Crippen LogP) is 2.24. The van der Waals surface area contributed by atoms with E-state index in [1.807, 2.05) is 19.1 Å². The summed E-state index contributed by atoms with van der Waals surface area (Å²) in [7, 11) is 0. The average molecular weight is 231 g/mol. The third-order valence-electron chi connectivity index (χ3n) is 3.21. The molecule has 1 aliphatic carbocycles. The number of carbonyl (C=O) groups excluding carboxylic acids is 2. The lowest BCUT2D eigenvalue weighted by Gasteiger charge is -2.10. The van der Waals surface area contributed by atoms with Crippen LogP contribution in [-0.4, -0.2) is 17.7 Å². The summed E-state index contributed by atoms with van der Waals surface area (Å²) in [5.41, 5.74) is 1.55. The Hall–Kier alpha value is -1.64. The SMILES string of the molecule is Cc1ccc(C(=O)C(=O)NC2CCCC2)cc1. The van der Waals surface area contributed by atoms with Crippen LogP contribution in [0.25, 0.3) is 0 Å². The second-order valence-electron chi connectivity index (χ2n) is 4.65. The van der Waals surface area contributed by atoms with Gasteiger partial charge in [0.25, 0.3) is 5.91 Å². The summed E-state index contributed by atoms with van der Waals surface area (Å²) in [5, 5.41) is 2.80. The van der Waals surface area contributed by atoms with Gasteiger partial charge in [-0.25, -0.2) is 0 Å². The van der Waals surface area contributed by atoms with Crippen molar-refractivity contribution < 1.29 is 9.59 Å². The molecule has 1 N–H and O–H groups in total. The Morgan fingerprint density at radius 2 is 1.71 bits per heavy atom. The molecule has 3 heteroatoms. The number of ketones is 1. The van der Waals surface area contributed by atoms with Crippen LogP contribution in [0.2, 0.25) is 0 Å². The quantitative estimate of drug-likeness (QED) is 0.640. The van der Waals surface area contributed by atoms with Gasteiger partial charge >= 0.3 is 0 Å². The first-order valence-corrected chi connectivity index (χ1v) is 6.08. The van der Waals surface area contributed by atoms with E-state index in [9.17, 15) is 9.59 Å². The van der Waals surface area contributed by atoms with Crippen molar-refractivity contribution in [1.82, 2.24) is 5.32 Å². The summed E-state index contributed by atoms with van der Waals surface area (Å²) in [4.78, 5) is 23.6. The van der Waals surface area contributed by atoms with Gasteiger partial charge in [-0.05, 0) is 19.8 Å². The third-order valence-corrected chi connectivity index (χ3v) is 3.21. The second kappa shape index (κ2) is 5.13. The number of hydrogen-bond acceptors (Lipinski definition) is 2. The van der Waals surface area contributed by atoms with Crippen molar-refractivity contribution in [3.63, 3.8) is 0 Å². The van der Waals surface area contributed by atoms with Crippen LogP contribution in [-0.2, 0) is 4.79 Å². The highest BCUT2D eigenvalue weighted by molar-refractivity contribution is 6.42. The predicted molar refractivity (Wildman–Crippen MR) is 65.9 cm³/mol. The van der Waals surface area contributed by atoms with E-state index in [1.165, 1.54) is 0 Å². The normalized spacial score (nSPS) is 15.8. The standard InChI is InChI=1S/C14H17NO2/c1-10-6-8-11(9-7-10)13(16)14(17)15-12-4-2-3-5-12/h6-9,12H,2-5H2,1H3,(H,15,17). The molecule has 1 aliphatic rings. The molecule has 0 unspecified atom stereocenters. The first-order chi connectivity index (χ1) is 8.16. The van der Waals surface area contributed by atoms with Crippen molar-refractivity contribution in [2.75, 3.05) is 0 Å². The second-order valence-corrected chi connectivity index (χ2v) is 4.65. The zero-order chi connectivity index (χ0) is 12.3. The fraction of sp³-hybridized carbons (Fsp3) is 0.429. The lowest BCUT2D eigenvalue weighted by Crippen LogP contribution is -2.37. The van der Waals surface area contributed by atoms with Gasteiger partial charge < -0.3 is 5.32 Å². The molecule has 0 aromatic heterocycles. The highest BCUT2D eigenvalue weighted by atomic mass is 16.2. The topological polar surface area (TPSA) is 46.2 Å². The largest absolute Gasteiger partial charge is 0.346 e. The van der Waals surface area contributed by atoms with Gasteiger partial charge in [0.15, 0.2) is 0 Å². The lowest BCUT2D eigenvalue weighted by molar-refractivity contribution is -0.117. The van der Waals surface area contributed by atoms with Gasteiger partial charge in [-0.1, -0.05) is 42.7 Å². The molecule has 0 heterocycles. The number of benzene rings is 1. The molecule has 1 amide bonds. The van der Waals surface area contributed by atoms with E-state index in [2.05, 4.69) is 5.32 Å². The fourth-order valence-electron chi connectivity index (χ4n) is 2.16. The highest BCUT2D eigenvalue weighted by Crippen LogP contribution is 2.17. The molecule has 0 bridgehead atoms. The summed E-state index contributed by atoms with van der Waals surface area (Å²) in [6.07, 6.45) is 4.27. The van der Waals surface area contributed by atoms with E-state index in [4.69, 9.17) is 0 Å². The van der Waals surface area contributed by atoms with Crippen molar-refractivity contribution in [2.45, 2.75) is 38.6 Å². The zero-order valence-electron chi connectivity index (χ0n) is 10.0. The molecule has 1 fully saturated rings. The highest BCUT2D eigenvalue weighted by Gasteiger charge is 2.22. The van der Waals surface area contributed by atoms with Crippen molar-refractivity contribution in [2.24, 2.45) is 0 Å². The summed E-state index contributed by atoms with van der Waals surface area (Å²) in [5.74, 6) is -0.905. The van der Waals surface area contributed by atoms with E-state index < -0.39 is 11.7 Å². The van der Waals surface area contributed by atoms with Crippen molar-refractivity contribution >= 4 is 11.7 Å². The number of nitrogens with one attached hydrogen (secondary N) is 1. The molecule has 17 heavy (non-hydrogen) atoms. The molecule has 1 aromatic rings. The Morgan fingerprint density at radius 1 is 1.12 bits per heavy atom. The van der Waals surface area contributed by atoms with Gasteiger partial charge in [-0.2, -0.15) is 0 Å². The summed E-state index contributed by atoms with van der Waals surface area (Å²) >= 11 is 0. The fourth-order valence-corrected chi connectivity index (χ4v) is 2.16. The Bertz CT molecular complexity index is 416. The third kappa shape index (κ3) is 2.93. The van der Waals surface area contributed by atoms with Gasteiger partial charge in [0.05, 0.1) is 0 Å². The average Bonchev–Trinajstić information content (AvgIpc) is 2.82. The van der Waals surface area contributed by atoms with Crippen LogP contribution < -0.4 is 5.32 Å². The van der Waals surface area contributed by atoms with E-state index in [1.54, 1.807) is 12.1 Å². The molecule has 0 saturated heterocycles. The zero-order valence-corrected chi connectivity index (χ0v) is 10.0. The number of hydrogen-bond donors (Lipinski definition) is 1.